The van der Waals surface area contributed by atoms with E-state index in [1.54, 1.807) is 0 Å². The van der Waals surface area contributed by atoms with E-state index in [4.69, 9.17) is 0 Å². The van der Waals surface area contributed by atoms with Gasteiger partial charge in [-0.05, 0) is 36.0 Å². The first-order chi connectivity index (χ1) is 10.2. The number of carbonyl (C=O) groups is 1. The van der Waals surface area contributed by atoms with E-state index in [-0.39, 0.29) is 11.9 Å². The van der Waals surface area contributed by atoms with Crippen molar-refractivity contribution in [2.24, 2.45) is 0 Å². The predicted octanol–water partition coefficient (Wildman–Crippen LogP) is 3.73. The van der Waals surface area contributed by atoms with Crippen molar-refractivity contribution in [3.05, 3.63) is 72.3 Å². The maximum Gasteiger partial charge on any atom is 0.246 e. The molecule has 106 valence electrons. The van der Waals surface area contributed by atoms with Gasteiger partial charge in [0.05, 0.1) is 0 Å². The summed E-state index contributed by atoms with van der Waals surface area (Å²) in [5.41, 5.74) is 4.49. The third kappa shape index (κ3) is 3.22. The van der Waals surface area contributed by atoms with Gasteiger partial charge in [-0.3, -0.25) is 4.79 Å². The second-order valence-corrected chi connectivity index (χ2v) is 5.58. The molecule has 1 saturated heterocycles. The summed E-state index contributed by atoms with van der Waals surface area (Å²) in [4.78, 5) is 11.4. The van der Waals surface area contributed by atoms with Gasteiger partial charge in [-0.15, -0.1) is 0 Å². The Hall–Kier alpha value is -2.35. The summed E-state index contributed by atoms with van der Waals surface area (Å²) in [5, 5.41) is 2.97. The van der Waals surface area contributed by atoms with Crippen LogP contribution in [-0.4, -0.2) is 11.9 Å². The van der Waals surface area contributed by atoms with Crippen molar-refractivity contribution in [2.75, 3.05) is 0 Å². The molecule has 0 radical (unpaired) electrons. The van der Waals surface area contributed by atoms with Crippen LogP contribution in [0.3, 0.4) is 0 Å². The van der Waals surface area contributed by atoms with Gasteiger partial charge in [-0.1, -0.05) is 61.2 Å². The lowest BCUT2D eigenvalue weighted by Gasteiger charge is -2.09. The first kappa shape index (κ1) is 13.6. The summed E-state index contributed by atoms with van der Waals surface area (Å²) >= 11 is 0. The van der Waals surface area contributed by atoms with Crippen molar-refractivity contribution in [1.29, 1.82) is 0 Å². The Morgan fingerprint density at radius 1 is 1.00 bits per heavy atom. The molecule has 0 aliphatic carbocycles. The fourth-order valence-electron chi connectivity index (χ4n) is 2.74. The van der Waals surface area contributed by atoms with Crippen LogP contribution in [0.15, 0.2) is 66.7 Å². The van der Waals surface area contributed by atoms with E-state index in [2.05, 4.69) is 60.4 Å². The third-order valence-electron chi connectivity index (χ3n) is 3.99. The average Bonchev–Trinajstić information content (AvgIpc) is 2.85. The van der Waals surface area contributed by atoms with Crippen LogP contribution in [0.5, 0.6) is 0 Å². The van der Waals surface area contributed by atoms with Crippen LogP contribution in [0.4, 0.5) is 0 Å². The first-order valence-corrected chi connectivity index (χ1v) is 7.35. The predicted molar refractivity (Wildman–Crippen MR) is 85.9 cm³/mol. The van der Waals surface area contributed by atoms with Gasteiger partial charge < -0.3 is 5.32 Å². The monoisotopic (exact) mass is 277 g/mol. The van der Waals surface area contributed by atoms with Gasteiger partial charge in [-0.25, -0.2) is 0 Å². The molecule has 1 aliphatic rings. The lowest BCUT2D eigenvalue weighted by molar-refractivity contribution is -0.116. The van der Waals surface area contributed by atoms with Gasteiger partial charge in [0.15, 0.2) is 0 Å². The minimum absolute atomic E-state index is 0.0134. The molecule has 1 atom stereocenters. The number of nitrogens with one attached hydrogen (secondary N) is 1. The second kappa shape index (κ2) is 5.96. The molecule has 0 spiro atoms. The van der Waals surface area contributed by atoms with Crippen LogP contribution >= 0.6 is 0 Å². The number of hydrogen-bond acceptors (Lipinski definition) is 1. The van der Waals surface area contributed by atoms with Crippen LogP contribution in [0.1, 0.15) is 18.4 Å². The SMILES string of the molecule is C=C1CC(CCc2ccc(-c3ccccc3)cc2)NC1=O. The normalized spacial score (nSPS) is 17.8. The third-order valence-corrected chi connectivity index (χ3v) is 3.99. The van der Waals surface area contributed by atoms with E-state index in [1.165, 1.54) is 16.7 Å². The molecule has 0 bridgehead atoms. The molecule has 1 aliphatic heterocycles. The lowest BCUT2D eigenvalue weighted by Crippen LogP contribution is -2.25. The molecule has 2 aromatic carbocycles. The van der Waals surface area contributed by atoms with Gasteiger partial charge in [0.1, 0.15) is 0 Å². The highest BCUT2D eigenvalue weighted by molar-refractivity contribution is 5.95. The van der Waals surface area contributed by atoms with Gasteiger partial charge >= 0.3 is 0 Å². The molecule has 1 N–H and O–H groups in total. The van der Waals surface area contributed by atoms with Gasteiger partial charge in [-0.2, -0.15) is 0 Å². The molecule has 0 saturated carbocycles. The second-order valence-electron chi connectivity index (χ2n) is 5.58. The van der Waals surface area contributed by atoms with Crippen molar-refractivity contribution in [3.8, 4) is 11.1 Å². The van der Waals surface area contributed by atoms with Crippen molar-refractivity contribution in [2.45, 2.75) is 25.3 Å². The Labute approximate surface area is 125 Å². The zero-order chi connectivity index (χ0) is 14.7. The van der Waals surface area contributed by atoms with Crippen molar-refractivity contribution in [1.82, 2.24) is 5.32 Å². The summed E-state index contributed by atoms with van der Waals surface area (Å²) in [6.07, 6.45) is 2.73. The molecular formula is C19H19NO. The van der Waals surface area contributed by atoms with Gasteiger partial charge in [0.25, 0.3) is 0 Å². The standard InChI is InChI=1S/C19H19NO/c1-14-13-18(20-19(14)21)12-9-15-7-10-17(11-8-15)16-5-3-2-4-6-16/h2-8,10-11,18H,1,9,12-13H2,(H,20,21). The van der Waals surface area contributed by atoms with Crippen LogP contribution in [0, 0.1) is 0 Å². The number of aryl methyl sites for hydroxylation is 1. The Kier molecular flexibility index (Phi) is 3.87. The Bertz CT molecular complexity index is 627. The van der Waals surface area contributed by atoms with E-state index >= 15 is 0 Å². The summed E-state index contributed by atoms with van der Waals surface area (Å²) in [6, 6.07) is 19.3. The molecule has 0 aromatic heterocycles. The van der Waals surface area contributed by atoms with E-state index in [0.29, 0.717) is 5.57 Å². The molecule has 3 rings (SSSR count). The summed E-state index contributed by atoms with van der Waals surface area (Å²) in [7, 11) is 0. The highest BCUT2D eigenvalue weighted by atomic mass is 16.2. The van der Waals surface area contributed by atoms with E-state index < -0.39 is 0 Å². The van der Waals surface area contributed by atoms with Gasteiger partial charge in [0.2, 0.25) is 5.91 Å². The van der Waals surface area contributed by atoms with Crippen molar-refractivity contribution in [3.63, 3.8) is 0 Å². The zero-order valence-corrected chi connectivity index (χ0v) is 12.0. The van der Waals surface area contributed by atoms with E-state index in [0.717, 1.165) is 19.3 Å². The van der Waals surface area contributed by atoms with Crippen molar-refractivity contribution >= 4 is 5.91 Å². The fraction of sp³-hybridized carbons (Fsp3) is 0.211. The van der Waals surface area contributed by atoms with Crippen LogP contribution in [0.25, 0.3) is 11.1 Å². The molecule has 2 heteroatoms. The zero-order valence-electron chi connectivity index (χ0n) is 12.0. The first-order valence-electron chi connectivity index (χ1n) is 7.35. The number of benzene rings is 2. The molecular weight excluding hydrogens is 258 g/mol. The summed E-state index contributed by atoms with van der Waals surface area (Å²) < 4.78 is 0. The van der Waals surface area contributed by atoms with Gasteiger partial charge in [0, 0.05) is 11.6 Å². The molecule has 2 aromatic rings. The highest BCUT2D eigenvalue weighted by Gasteiger charge is 2.23. The Morgan fingerprint density at radius 2 is 1.67 bits per heavy atom. The van der Waals surface area contributed by atoms with Crippen LogP contribution in [0.2, 0.25) is 0 Å². The number of rotatable bonds is 4. The fourth-order valence-corrected chi connectivity index (χ4v) is 2.74. The number of hydrogen-bond donors (Lipinski definition) is 1. The molecule has 21 heavy (non-hydrogen) atoms. The Balaban J connectivity index is 1.60. The average molecular weight is 277 g/mol. The summed E-state index contributed by atoms with van der Waals surface area (Å²) in [6.45, 7) is 3.77. The summed E-state index contributed by atoms with van der Waals surface area (Å²) in [5.74, 6) is 0.0134. The smallest absolute Gasteiger partial charge is 0.246 e. The maximum atomic E-state index is 11.4. The number of carbonyl (C=O) groups excluding carboxylic acids is 1. The molecule has 1 fully saturated rings. The largest absolute Gasteiger partial charge is 0.349 e. The Morgan fingerprint density at radius 3 is 2.29 bits per heavy atom. The molecule has 1 unspecified atom stereocenters. The topological polar surface area (TPSA) is 29.1 Å². The minimum atomic E-state index is 0.0134. The minimum Gasteiger partial charge on any atom is -0.349 e. The van der Waals surface area contributed by atoms with Crippen LogP contribution in [-0.2, 0) is 11.2 Å². The molecule has 1 amide bonds. The van der Waals surface area contributed by atoms with E-state index in [9.17, 15) is 4.79 Å². The van der Waals surface area contributed by atoms with Crippen LogP contribution < -0.4 is 5.32 Å². The maximum absolute atomic E-state index is 11.4. The number of amides is 1. The quantitative estimate of drug-likeness (QED) is 0.848. The lowest BCUT2D eigenvalue weighted by atomic mass is 10.00. The highest BCUT2D eigenvalue weighted by Crippen LogP contribution is 2.21. The van der Waals surface area contributed by atoms with E-state index in [1.807, 2.05) is 6.07 Å². The molecule has 1 heterocycles. The van der Waals surface area contributed by atoms with Crippen molar-refractivity contribution < 1.29 is 4.79 Å². The molecule has 2 nitrogen and oxygen atoms in total.